The number of thiophene rings is 1. The van der Waals surface area contributed by atoms with Crippen molar-refractivity contribution in [3.8, 4) is 11.1 Å². The minimum atomic E-state index is -4.08. The van der Waals surface area contributed by atoms with E-state index in [1.54, 1.807) is 12.4 Å². The highest BCUT2D eigenvalue weighted by Crippen LogP contribution is 2.34. The molecular formula is C25H22Cl2N6O3S2. The van der Waals surface area contributed by atoms with Gasteiger partial charge >= 0.3 is 6.03 Å². The number of aromatic nitrogens is 4. The molecule has 3 heterocycles. The van der Waals surface area contributed by atoms with Gasteiger partial charge in [-0.15, -0.1) is 11.3 Å². The number of nitrogens with zero attached hydrogens (tertiary/aromatic N) is 4. The van der Waals surface area contributed by atoms with Crippen LogP contribution in [0.2, 0.25) is 9.36 Å². The number of aryl methyl sites for hydroxylation is 1. The molecule has 38 heavy (non-hydrogen) atoms. The summed E-state index contributed by atoms with van der Waals surface area (Å²) in [5, 5.41) is 7.24. The zero-order valence-electron chi connectivity index (χ0n) is 19.9. The van der Waals surface area contributed by atoms with Crippen molar-refractivity contribution >= 4 is 56.2 Å². The molecule has 4 aromatic rings. The van der Waals surface area contributed by atoms with Crippen LogP contribution >= 0.6 is 34.5 Å². The van der Waals surface area contributed by atoms with Crippen molar-refractivity contribution in [2.45, 2.75) is 30.0 Å². The molecule has 0 unspecified atom stereocenters. The number of urea groups is 1. The van der Waals surface area contributed by atoms with E-state index >= 15 is 0 Å². The Hall–Kier alpha value is -3.25. The number of halogens is 2. The molecule has 0 spiro atoms. The average Bonchev–Trinajstić information content (AvgIpc) is 3.48. The summed E-state index contributed by atoms with van der Waals surface area (Å²) in [5.74, 6) is 0.636. The van der Waals surface area contributed by atoms with Crippen LogP contribution < -0.4 is 10.0 Å². The summed E-state index contributed by atoms with van der Waals surface area (Å²) in [6.45, 7) is 0.537. The minimum absolute atomic E-state index is 0.115. The number of hydrogen-bond acceptors (Lipinski definition) is 7. The number of fused-ring (bicyclic) bond motifs is 1. The molecule has 1 aromatic carbocycles. The Morgan fingerprint density at radius 2 is 1.84 bits per heavy atom. The van der Waals surface area contributed by atoms with Gasteiger partial charge in [-0.05, 0) is 42.0 Å². The van der Waals surface area contributed by atoms with Gasteiger partial charge < -0.3 is 5.32 Å². The van der Waals surface area contributed by atoms with E-state index in [2.05, 4.69) is 20.4 Å². The van der Waals surface area contributed by atoms with Crippen molar-refractivity contribution < 1.29 is 13.2 Å². The Labute approximate surface area is 233 Å². The van der Waals surface area contributed by atoms with Crippen molar-refractivity contribution in [2.75, 3.05) is 6.54 Å². The molecule has 0 radical (unpaired) electrons. The third-order valence-electron chi connectivity index (χ3n) is 5.94. The second-order valence-corrected chi connectivity index (χ2v) is 12.5. The topological polar surface area (TPSA) is 119 Å². The monoisotopic (exact) mass is 588 g/mol. The maximum atomic E-state index is 12.4. The Morgan fingerprint density at radius 1 is 1.08 bits per heavy atom. The number of nitrogens with one attached hydrogen (secondary N) is 2. The summed E-state index contributed by atoms with van der Waals surface area (Å²) in [7, 11) is -4.08. The lowest BCUT2D eigenvalue weighted by atomic mass is 9.92. The fourth-order valence-electron chi connectivity index (χ4n) is 4.17. The Kier molecular flexibility index (Phi) is 7.80. The van der Waals surface area contributed by atoms with Gasteiger partial charge in [0.2, 0.25) is 0 Å². The number of hydrogen-bond donors (Lipinski definition) is 2. The molecule has 5 rings (SSSR count). The van der Waals surface area contributed by atoms with Crippen LogP contribution in [0.4, 0.5) is 4.79 Å². The first-order valence-electron chi connectivity index (χ1n) is 11.7. The normalized spacial score (nSPS) is 14.3. The number of carbonyl (C=O) groups excluding carboxylic acids is 1. The highest BCUT2D eigenvalue weighted by molar-refractivity contribution is 7.92. The summed E-state index contributed by atoms with van der Waals surface area (Å²) in [5.41, 5.74) is 5.10. The van der Waals surface area contributed by atoms with E-state index in [9.17, 15) is 13.2 Å². The van der Waals surface area contributed by atoms with Crippen molar-refractivity contribution in [3.05, 3.63) is 87.5 Å². The van der Waals surface area contributed by atoms with Crippen LogP contribution in [-0.4, -0.2) is 40.7 Å². The van der Waals surface area contributed by atoms with Crippen LogP contribution in [0.1, 0.15) is 29.9 Å². The van der Waals surface area contributed by atoms with Crippen molar-refractivity contribution in [3.63, 3.8) is 0 Å². The summed E-state index contributed by atoms with van der Waals surface area (Å²) >= 11 is 12.4. The van der Waals surface area contributed by atoms with Gasteiger partial charge in [-0.25, -0.2) is 27.9 Å². The number of sulfonamides is 1. The fourth-order valence-corrected chi connectivity index (χ4v) is 6.98. The minimum Gasteiger partial charge on any atom is -0.334 e. The molecule has 2 amide bonds. The van der Waals surface area contributed by atoms with Crippen LogP contribution in [0, 0.1) is 0 Å². The molecule has 1 aliphatic carbocycles. The van der Waals surface area contributed by atoms with E-state index in [0.29, 0.717) is 12.4 Å². The molecule has 3 aromatic heterocycles. The van der Waals surface area contributed by atoms with Gasteiger partial charge in [0.15, 0.2) is 0 Å². The van der Waals surface area contributed by atoms with Gasteiger partial charge in [0, 0.05) is 24.5 Å². The standard InChI is InChI=1S/C25H22Cl2N6O3S2/c26-20-11-22(37-24(20)27)38(35,36)32-25(34)28-10-9-17-7-4-8-18-14-31-33(23(17)18)15-21-29-12-19(13-30-21)16-5-2-1-3-6-16/h1-3,5-6,9,11-14H,4,7-8,10,15H2,(H2,28,32,34)/b17-9+. The van der Waals surface area contributed by atoms with Crippen LogP contribution in [0.25, 0.3) is 16.7 Å². The van der Waals surface area contributed by atoms with Gasteiger partial charge in [0.1, 0.15) is 20.9 Å². The highest BCUT2D eigenvalue weighted by atomic mass is 35.5. The molecule has 0 saturated heterocycles. The van der Waals surface area contributed by atoms with Gasteiger partial charge in [-0.2, -0.15) is 5.10 Å². The van der Waals surface area contributed by atoms with Crippen molar-refractivity contribution in [1.82, 2.24) is 29.8 Å². The van der Waals surface area contributed by atoms with E-state index in [1.165, 1.54) is 6.07 Å². The first-order chi connectivity index (χ1) is 18.3. The number of allylic oxidation sites excluding steroid dienone is 1. The first-order valence-corrected chi connectivity index (χ1v) is 14.7. The largest absolute Gasteiger partial charge is 0.334 e. The molecule has 0 fully saturated rings. The van der Waals surface area contributed by atoms with Crippen molar-refractivity contribution in [1.29, 1.82) is 0 Å². The third kappa shape index (κ3) is 5.91. The summed E-state index contributed by atoms with van der Waals surface area (Å²) in [6, 6.07) is 10.3. The number of carbonyl (C=O) groups is 1. The van der Waals surface area contributed by atoms with E-state index in [4.69, 9.17) is 23.2 Å². The SMILES string of the molecule is O=C(NC/C=C1\CCCc2cnn(Cc3ncc(-c4ccccc4)cn3)c21)NS(=O)(=O)c1cc(Cl)c(Cl)s1. The first kappa shape index (κ1) is 26.4. The molecule has 0 atom stereocenters. The average molecular weight is 590 g/mol. The second kappa shape index (κ2) is 11.2. The predicted octanol–water partition coefficient (Wildman–Crippen LogP) is 5.16. The molecule has 1 aliphatic rings. The Bertz CT molecular complexity index is 1580. The zero-order chi connectivity index (χ0) is 26.7. The molecule has 2 N–H and O–H groups in total. The Morgan fingerprint density at radius 3 is 2.55 bits per heavy atom. The molecule has 0 saturated carbocycles. The summed E-state index contributed by atoms with van der Waals surface area (Å²) in [4.78, 5) is 21.3. The smallest absolute Gasteiger partial charge is 0.328 e. The van der Waals surface area contributed by atoms with Gasteiger partial charge in [0.25, 0.3) is 10.0 Å². The van der Waals surface area contributed by atoms with Crippen LogP contribution in [0.15, 0.2) is 65.3 Å². The predicted molar refractivity (Wildman–Crippen MR) is 148 cm³/mol. The number of rotatable bonds is 7. The van der Waals surface area contributed by atoms with Gasteiger partial charge in [-0.3, -0.25) is 4.68 Å². The third-order valence-corrected chi connectivity index (χ3v) is 9.61. The number of amides is 2. The lowest BCUT2D eigenvalue weighted by Crippen LogP contribution is -2.39. The second-order valence-electron chi connectivity index (χ2n) is 8.52. The van der Waals surface area contributed by atoms with E-state index in [0.717, 1.165) is 58.6 Å². The highest BCUT2D eigenvalue weighted by Gasteiger charge is 2.23. The van der Waals surface area contributed by atoms with E-state index in [1.807, 2.05) is 52.0 Å². The molecule has 9 nitrogen and oxygen atoms in total. The van der Waals surface area contributed by atoms with Crippen LogP contribution in [0.3, 0.4) is 0 Å². The molecule has 13 heteroatoms. The lowest BCUT2D eigenvalue weighted by Gasteiger charge is -2.18. The maximum absolute atomic E-state index is 12.4. The van der Waals surface area contributed by atoms with Crippen molar-refractivity contribution in [2.24, 2.45) is 0 Å². The van der Waals surface area contributed by atoms with Crippen LogP contribution in [-0.2, 0) is 23.0 Å². The zero-order valence-corrected chi connectivity index (χ0v) is 23.0. The fraction of sp³-hybridized carbons (Fsp3) is 0.200. The molecule has 196 valence electrons. The quantitative estimate of drug-likeness (QED) is 0.307. The maximum Gasteiger partial charge on any atom is 0.328 e. The lowest BCUT2D eigenvalue weighted by molar-refractivity contribution is 0.247. The van der Waals surface area contributed by atoms with Gasteiger partial charge in [-0.1, -0.05) is 59.6 Å². The summed E-state index contributed by atoms with van der Waals surface area (Å²) < 4.78 is 28.7. The molecule has 0 aliphatic heterocycles. The Balaban J connectivity index is 1.25. The van der Waals surface area contributed by atoms with E-state index in [-0.39, 0.29) is 20.1 Å². The number of benzene rings is 1. The van der Waals surface area contributed by atoms with Gasteiger partial charge in [0.05, 0.1) is 16.9 Å². The summed E-state index contributed by atoms with van der Waals surface area (Å²) in [6.07, 6.45) is 10.00. The van der Waals surface area contributed by atoms with Crippen LogP contribution in [0.5, 0.6) is 0 Å². The van der Waals surface area contributed by atoms with E-state index < -0.39 is 16.1 Å². The molecular weight excluding hydrogens is 567 g/mol. The molecule has 0 bridgehead atoms.